The Hall–Kier alpha value is -0.570. The van der Waals surface area contributed by atoms with Crippen LogP contribution in [-0.4, -0.2) is 23.8 Å². The fraction of sp³-hybridized carbons (Fsp3) is 0.857. The van der Waals surface area contributed by atoms with Gasteiger partial charge in [0.15, 0.2) is 0 Å². The molecule has 0 amide bonds. The average Bonchev–Trinajstić information content (AvgIpc) is 2.17. The zero-order valence-corrected chi connectivity index (χ0v) is 6.20. The third-order valence-corrected chi connectivity index (χ3v) is 2.19. The van der Waals surface area contributed by atoms with Gasteiger partial charge in [0.05, 0.1) is 12.5 Å². The molecule has 1 N–H and O–H groups in total. The van der Waals surface area contributed by atoms with E-state index < -0.39 is 0 Å². The van der Waals surface area contributed by atoms with Crippen molar-refractivity contribution in [1.29, 1.82) is 0 Å². The van der Waals surface area contributed by atoms with Crippen molar-refractivity contribution in [2.24, 2.45) is 11.8 Å². The van der Waals surface area contributed by atoms with Crippen LogP contribution in [0.25, 0.3) is 0 Å². The molecule has 0 spiro atoms. The first-order valence-electron chi connectivity index (χ1n) is 3.48. The molecule has 1 heterocycles. The highest BCUT2D eigenvalue weighted by atomic mass is 16.6. The molecule has 0 radical (unpaired) electrons. The Bertz CT molecular complexity index is 144. The smallest absolute Gasteiger partial charge is 0.309 e. The van der Waals surface area contributed by atoms with Crippen LogP contribution in [0.1, 0.15) is 13.8 Å². The van der Waals surface area contributed by atoms with Gasteiger partial charge in [-0.3, -0.25) is 4.79 Å². The third-order valence-electron chi connectivity index (χ3n) is 2.19. The zero-order chi connectivity index (χ0) is 7.72. The summed E-state index contributed by atoms with van der Waals surface area (Å²) < 4.78 is 4.85. The minimum atomic E-state index is -0.275. The predicted octanol–water partition coefficient (Wildman–Crippen LogP) is 0.176. The van der Waals surface area contributed by atoms with Gasteiger partial charge in [-0.1, -0.05) is 13.8 Å². The number of hydrogen-bond donors (Lipinski definition) is 1. The van der Waals surface area contributed by atoms with Gasteiger partial charge in [0.2, 0.25) is 0 Å². The van der Waals surface area contributed by atoms with Crippen LogP contribution in [0.5, 0.6) is 0 Å². The Labute approximate surface area is 60.0 Å². The Morgan fingerprint density at radius 2 is 2.20 bits per heavy atom. The van der Waals surface area contributed by atoms with E-state index >= 15 is 0 Å². The zero-order valence-electron chi connectivity index (χ0n) is 6.20. The SMILES string of the molecule is C[C@@H]1[C@@H](CO)OC(=O)[C@@H]1C. The van der Waals surface area contributed by atoms with Crippen molar-refractivity contribution < 1.29 is 14.6 Å². The molecule has 1 fully saturated rings. The molecule has 1 rings (SSSR count). The van der Waals surface area contributed by atoms with Crippen LogP contribution < -0.4 is 0 Å². The maximum Gasteiger partial charge on any atom is 0.309 e. The molecular weight excluding hydrogens is 132 g/mol. The molecule has 1 aliphatic heterocycles. The first-order chi connectivity index (χ1) is 4.66. The van der Waals surface area contributed by atoms with Crippen LogP contribution in [0.3, 0.4) is 0 Å². The minimum absolute atomic E-state index is 0.0582. The van der Waals surface area contributed by atoms with Crippen molar-refractivity contribution in [3.63, 3.8) is 0 Å². The highest BCUT2D eigenvalue weighted by molar-refractivity contribution is 5.74. The fourth-order valence-electron chi connectivity index (χ4n) is 1.10. The Kier molecular flexibility index (Phi) is 1.94. The Morgan fingerprint density at radius 1 is 1.60 bits per heavy atom. The summed E-state index contributed by atoms with van der Waals surface area (Å²) in [5.41, 5.74) is 0. The van der Waals surface area contributed by atoms with Crippen LogP contribution >= 0.6 is 0 Å². The molecule has 10 heavy (non-hydrogen) atoms. The summed E-state index contributed by atoms with van der Waals surface area (Å²) in [7, 11) is 0. The number of rotatable bonds is 1. The lowest BCUT2D eigenvalue weighted by molar-refractivity contribution is -0.145. The van der Waals surface area contributed by atoms with E-state index in [2.05, 4.69) is 0 Å². The number of ether oxygens (including phenoxy) is 1. The highest BCUT2D eigenvalue weighted by Crippen LogP contribution is 2.26. The largest absolute Gasteiger partial charge is 0.459 e. The molecule has 0 aromatic carbocycles. The molecule has 3 atom stereocenters. The predicted molar refractivity (Wildman–Crippen MR) is 35.3 cm³/mol. The van der Waals surface area contributed by atoms with E-state index in [1.807, 2.05) is 13.8 Å². The van der Waals surface area contributed by atoms with Crippen LogP contribution in [0.2, 0.25) is 0 Å². The van der Waals surface area contributed by atoms with Gasteiger partial charge in [0.1, 0.15) is 6.10 Å². The summed E-state index contributed by atoms with van der Waals surface area (Å²) in [5.74, 6) is -0.0961. The molecule has 3 heteroatoms. The van der Waals surface area contributed by atoms with Crippen LogP contribution in [0.4, 0.5) is 0 Å². The summed E-state index contributed by atoms with van der Waals surface area (Å²) in [6.45, 7) is 3.68. The van der Waals surface area contributed by atoms with Gasteiger partial charge in [0.25, 0.3) is 0 Å². The Balaban J connectivity index is 2.61. The van der Waals surface area contributed by atoms with Crippen LogP contribution in [0.15, 0.2) is 0 Å². The molecule has 0 aliphatic carbocycles. The summed E-state index contributed by atoms with van der Waals surface area (Å²) in [6, 6.07) is 0. The molecule has 0 saturated carbocycles. The van der Waals surface area contributed by atoms with Gasteiger partial charge in [-0.15, -0.1) is 0 Å². The van der Waals surface area contributed by atoms with Gasteiger partial charge < -0.3 is 9.84 Å². The first kappa shape index (κ1) is 7.54. The van der Waals surface area contributed by atoms with Gasteiger partial charge in [0, 0.05) is 5.92 Å². The van der Waals surface area contributed by atoms with Crippen molar-refractivity contribution in [3.8, 4) is 0 Å². The standard InChI is InChI=1S/C7H12O3/c1-4-5(2)7(9)10-6(4)3-8/h4-6,8H,3H2,1-2H3/t4-,5+,6+/m0/s1. The molecular formula is C7H12O3. The molecule has 0 unspecified atom stereocenters. The maximum atomic E-state index is 10.8. The quantitative estimate of drug-likeness (QED) is 0.534. The molecule has 0 aromatic rings. The molecule has 0 bridgehead atoms. The number of hydrogen-bond acceptors (Lipinski definition) is 3. The van der Waals surface area contributed by atoms with Crippen molar-refractivity contribution >= 4 is 5.97 Å². The lowest BCUT2D eigenvalue weighted by atomic mass is 9.95. The second-order valence-electron chi connectivity index (χ2n) is 2.81. The summed E-state index contributed by atoms with van der Waals surface area (Å²) in [5, 5.41) is 8.69. The number of carbonyl (C=O) groups excluding carboxylic acids is 1. The number of carbonyl (C=O) groups is 1. The summed E-state index contributed by atoms with van der Waals surface area (Å²) in [4.78, 5) is 10.8. The van der Waals surface area contributed by atoms with E-state index in [-0.39, 0.29) is 30.5 Å². The van der Waals surface area contributed by atoms with Crippen LogP contribution in [0, 0.1) is 11.8 Å². The average molecular weight is 144 g/mol. The summed E-state index contributed by atoms with van der Waals surface area (Å²) >= 11 is 0. The number of aliphatic hydroxyl groups excluding tert-OH is 1. The minimum Gasteiger partial charge on any atom is -0.459 e. The van der Waals surface area contributed by atoms with Crippen molar-refractivity contribution in [2.45, 2.75) is 20.0 Å². The maximum absolute atomic E-state index is 10.8. The van der Waals surface area contributed by atoms with E-state index in [1.165, 1.54) is 0 Å². The van der Waals surface area contributed by atoms with E-state index in [4.69, 9.17) is 9.84 Å². The van der Waals surface area contributed by atoms with E-state index in [1.54, 1.807) is 0 Å². The molecule has 3 nitrogen and oxygen atoms in total. The number of cyclic esters (lactones) is 1. The van der Waals surface area contributed by atoms with Gasteiger partial charge >= 0.3 is 5.97 Å². The second-order valence-corrected chi connectivity index (χ2v) is 2.81. The van der Waals surface area contributed by atoms with Gasteiger partial charge in [-0.25, -0.2) is 0 Å². The monoisotopic (exact) mass is 144 g/mol. The highest BCUT2D eigenvalue weighted by Gasteiger charge is 2.37. The molecule has 1 saturated heterocycles. The normalized spacial score (nSPS) is 39.9. The number of aliphatic hydroxyl groups is 1. The van der Waals surface area contributed by atoms with E-state index in [9.17, 15) is 4.79 Å². The molecule has 58 valence electrons. The lowest BCUT2D eigenvalue weighted by Gasteiger charge is -2.10. The third kappa shape index (κ3) is 1.01. The van der Waals surface area contributed by atoms with Gasteiger partial charge in [-0.2, -0.15) is 0 Å². The van der Waals surface area contributed by atoms with Crippen molar-refractivity contribution in [2.75, 3.05) is 6.61 Å². The fourth-order valence-corrected chi connectivity index (χ4v) is 1.10. The van der Waals surface area contributed by atoms with Crippen molar-refractivity contribution in [1.82, 2.24) is 0 Å². The number of esters is 1. The van der Waals surface area contributed by atoms with Crippen LogP contribution in [-0.2, 0) is 9.53 Å². The van der Waals surface area contributed by atoms with E-state index in [0.29, 0.717) is 0 Å². The first-order valence-corrected chi connectivity index (χ1v) is 3.48. The summed E-state index contributed by atoms with van der Waals surface area (Å²) in [6.07, 6.45) is -0.275. The van der Waals surface area contributed by atoms with E-state index in [0.717, 1.165) is 0 Å². The molecule has 1 aliphatic rings. The van der Waals surface area contributed by atoms with Gasteiger partial charge in [-0.05, 0) is 0 Å². The van der Waals surface area contributed by atoms with Crippen molar-refractivity contribution in [3.05, 3.63) is 0 Å². The topological polar surface area (TPSA) is 46.5 Å². The molecule has 0 aromatic heterocycles. The lowest BCUT2D eigenvalue weighted by Crippen LogP contribution is -2.19. The Morgan fingerprint density at radius 3 is 2.40 bits per heavy atom. The second kappa shape index (κ2) is 2.58.